The van der Waals surface area contributed by atoms with Crippen molar-refractivity contribution in [3.8, 4) is 17.4 Å². The maximum absolute atomic E-state index is 10.3. The van der Waals surface area contributed by atoms with E-state index in [1.54, 1.807) is 18.8 Å². The molecule has 0 fully saturated rings. The van der Waals surface area contributed by atoms with E-state index in [2.05, 4.69) is 0 Å². The van der Waals surface area contributed by atoms with Gasteiger partial charge in [-0.2, -0.15) is 0 Å². The zero-order valence-corrected chi connectivity index (χ0v) is 13.2. The predicted octanol–water partition coefficient (Wildman–Crippen LogP) is 2.71. The summed E-state index contributed by atoms with van der Waals surface area (Å²) in [6.07, 6.45) is 0.637. The molecular weight excluding hydrogens is 288 g/mol. The number of aromatic hydroxyl groups is 1. The molecule has 3 rings (SSSR count). The van der Waals surface area contributed by atoms with Gasteiger partial charge in [-0.3, -0.25) is 4.57 Å². The first-order valence-electron chi connectivity index (χ1n) is 6.85. The van der Waals surface area contributed by atoms with Crippen molar-refractivity contribution < 1.29 is 14.6 Å². The SMILES string of the molecule is CCn1c(O)c2n(c1=S)Cc1cc(OC)c(OC)cc1C2. The van der Waals surface area contributed by atoms with Gasteiger partial charge in [0.1, 0.15) is 0 Å². The number of nitrogens with zero attached hydrogens (tertiary/aromatic N) is 2. The van der Waals surface area contributed by atoms with Crippen LogP contribution in [0.2, 0.25) is 0 Å². The van der Waals surface area contributed by atoms with Crippen LogP contribution in [0.15, 0.2) is 12.1 Å². The van der Waals surface area contributed by atoms with Crippen LogP contribution < -0.4 is 9.47 Å². The fraction of sp³-hybridized carbons (Fsp3) is 0.400. The molecular formula is C15H18N2O3S. The van der Waals surface area contributed by atoms with Crippen LogP contribution in [0.25, 0.3) is 0 Å². The summed E-state index contributed by atoms with van der Waals surface area (Å²) in [5, 5.41) is 10.3. The van der Waals surface area contributed by atoms with E-state index >= 15 is 0 Å². The van der Waals surface area contributed by atoms with Crippen LogP contribution in [0.5, 0.6) is 17.4 Å². The van der Waals surface area contributed by atoms with Gasteiger partial charge in [-0.25, -0.2) is 0 Å². The van der Waals surface area contributed by atoms with Gasteiger partial charge < -0.3 is 19.1 Å². The third-order valence-electron chi connectivity index (χ3n) is 4.01. The van der Waals surface area contributed by atoms with Crippen molar-refractivity contribution in [3.05, 3.63) is 33.7 Å². The Balaban J connectivity index is 2.14. The van der Waals surface area contributed by atoms with Crippen LogP contribution in [0, 0.1) is 4.77 Å². The number of aromatic nitrogens is 2. The van der Waals surface area contributed by atoms with E-state index in [1.807, 2.05) is 23.6 Å². The Hall–Kier alpha value is -1.95. The molecule has 0 aliphatic carbocycles. The summed E-state index contributed by atoms with van der Waals surface area (Å²) in [7, 11) is 3.25. The van der Waals surface area contributed by atoms with Gasteiger partial charge in [-0.05, 0) is 42.4 Å². The quantitative estimate of drug-likeness (QED) is 0.756. The minimum Gasteiger partial charge on any atom is -0.493 e. The maximum atomic E-state index is 10.3. The highest BCUT2D eigenvalue weighted by Gasteiger charge is 2.24. The predicted molar refractivity (Wildman–Crippen MR) is 82.0 cm³/mol. The fourth-order valence-electron chi connectivity index (χ4n) is 2.88. The highest BCUT2D eigenvalue weighted by Crippen LogP contribution is 2.36. The van der Waals surface area contributed by atoms with Crippen LogP contribution >= 0.6 is 12.2 Å². The van der Waals surface area contributed by atoms with Gasteiger partial charge in [0.25, 0.3) is 0 Å². The average molecular weight is 306 g/mol. The van der Waals surface area contributed by atoms with Gasteiger partial charge in [0.05, 0.1) is 26.5 Å². The Morgan fingerprint density at radius 3 is 2.38 bits per heavy atom. The van der Waals surface area contributed by atoms with E-state index in [1.165, 1.54) is 0 Å². The minimum absolute atomic E-state index is 0.267. The second kappa shape index (κ2) is 5.11. The van der Waals surface area contributed by atoms with E-state index in [0.717, 1.165) is 16.8 Å². The lowest BCUT2D eigenvalue weighted by atomic mass is 9.98. The van der Waals surface area contributed by atoms with E-state index in [9.17, 15) is 5.11 Å². The number of benzene rings is 1. The van der Waals surface area contributed by atoms with Gasteiger partial charge in [-0.1, -0.05) is 0 Å². The normalized spacial score (nSPS) is 12.7. The zero-order chi connectivity index (χ0) is 15.1. The highest BCUT2D eigenvalue weighted by atomic mass is 32.1. The maximum Gasteiger partial charge on any atom is 0.213 e. The van der Waals surface area contributed by atoms with Crippen molar-refractivity contribution in [2.75, 3.05) is 14.2 Å². The Morgan fingerprint density at radius 2 is 1.81 bits per heavy atom. The molecule has 0 saturated heterocycles. The monoisotopic (exact) mass is 306 g/mol. The lowest BCUT2D eigenvalue weighted by Crippen LogP contribution is -2.14. The molecule has 0 unspecified atom stereocenters. The lowest BCUT2D eigenvalue weighted by molar-refractivity contribution is 0.353. The van der Waals surface area contributed by atoms with Crippen molar-refractivity contribution in [2.24, 2.45) is 0 Å². The largest absolute Gasteiger partial charge is 0.493 e. The van der Waals surface area contributed by atoms with Gasteiger partial charge in [-0.15, -0.1) is 0 Å². The summed E-state index contributed by atoms with van der Waals surface area (Å²) in [4.78, 5) is 0. The molecule has 1 aromatic carbocycles. The number of fused-ring (bicyclic) bond motifs is 2. The van der Waals surface area contributed by atoms with Crippen LogP contribution in [-0.4, -0.2) is 28.5 Å². The standard InChI is InChI=1S/C15H18N2O3S/c1-4-16-14(18)11-5-9-6-12(19-2)13(20-3)7-10(9)8-17(11)15(16)21/h6-7,18H,4-5,8H2,1-3H3. The Kier molecular flexibility index (Phi) is 3.41. The molecule has 1 N–H and O–H groups in total. The molecule has 0 bridgehead atoms. The van der Waals surface area contributed by atoms with Crippen LogP contribution in [-0.2, 0) is 19.5 Å². The third kappa shape index (κ3) is 2.01. The minimum atomic E-state index is 0.267. The summed E-state index contributed by atoms with van der Waals surface area (Å²) >= 11 is 5.45. The molecule has 0 spiro atoms. The van der Waals surface area contributed by atoms with Gasteiger partial charge in [0, 0.05) is 13.0 Å². The van der Waals surface area contributed by atoms with E-state index in [0.29, 0.717) is 35.8 Å². The molecule has 112 valence electrons. The average Bonchev–Trinajstić information content (AvgIpc) is 2.74. The van der Waals surface area contributed by atoms with E-state index in [-0.39, 0.29) is 5.88 Å². The number of rotatable bonds is 3. The fourth-order valence-corrected chi connectivity index (χ4v) is 3.27. The molecule has 5 nitrogen and oxygen atoms in total. The molecule has 6 heteroatoms. The second-order valence-electron chi connectivity index (χ2n) is 5.04. The van der Waals surface area contributed by atoms with Gasteiger partial charge in [0.15, 0.2) is 16.3 Å². The Labute approximate surface area is 128 Å². The van der Waals surface area contributed by atoms with Crippen molar-refractivity contribution in [3.63, 3.8) is 0 Å². The van der Waals surface area contributed by atoms with Crippen LogP contribution in [0.4, 0.5) is 0 Å². The van der Waals surface area contributed by atoms with Gasteiger partial charge >= 0.3 is 0 Å². The molecule has 1 aliphatic rings. The smallest absolute Gasteiger partial charge is 0.213 e. The molecule has 0 radical (unpaired) electrons. The number of hydrogen-bond acceptors (Lipinski definition) is 4. The van der Waals surface area contributed by atoms with Crippen LogP contribution in [0.1, 0.15) is 23.7 Å². The number of imidazole rings is 1. The van der Waals surface area contributed by atoms with Crippen molar-refractivity contribution in [1.29, 1.82) is 0 Å². The van der Waals surface area contributed by atoms with Crippen molar-refractivity contribution >= 4 is 12.2 Å². The number of ether oxygens (including phenoxy) is 2. The molecule has 0 saturated carbocycles. The van der Waals surface area contributed by atoms with Crippen molar-refractivity contribution in [1.82, 2.24) is 9.13 Å². The summed E-state index contributed by atoms with van der Waals surface area (Å²) in [6, 6.07) is 3.96. The topological polar surface area (TPSA) is 48.5 Å². The Bertz CT molecular complexity index is 761. The first-order chi connectivity index (χ1) is 10.1. The zero-order valence-electron chi connectivity index (χ0n) is 12.3. The first kappa shape index (κ1) is 14.0. The van der Waals surface area contributed by atoms with E-state index in [4.69, 9.17) is 21.7 Å². The van der Waals surface area contributed by atoms with Crippen LogP contribution in [0.3, 0.4) is 0 Å². The second-order valence-corrected chi connectivity index (χ2v) is 5.40. The molecule has 0 amide bonds. The number of methoxy groups -OCH3 is 2. The third-order valence-corrected chi connectivity index (χ3v) is 4.45. The summed E-state index contributed by atoms with van der Waals surface area (Å²) in [5.74, 6) is 1.69. The van der Waals surface area contributed by atoms with Gasteiger partial charge in [0.2, 0.25) is 5.88 Å². The highest BCUT2D eigenvalue weighted by molar-refractivity contribution is 7.71. The number of hydrogen-bond donors (Lipinski definition) is 1. The molecule has 2 aromatic rings. The summed E-state index contributed by atoms with van der Waals surface area (Å²) in [6.45, 7) is 3.28. The first-order valence-corrected chi connectivity index (χ1v) is 7.26. The molecule has 1 aliphatic heterocycles. The summed E-state index contributed by atoms with van der Waals surface area (Å²) < 4.78 is 15.1. The molecule has 2 heterocycles. The summed E-state index contributed by atoms with van der Waals surface area (Å²) in [5.41, 5.74) is 3.14. The molecule has 21 heavy (non-hydrogen) atoms. The lowest BCUT2D eigenvalue weighted by Gasteiger charge is -2.20. The van der Waals surface area contributed by atoms with Crippen molar-refractivity contribution in [2.45, 2.75) is 26.4 Å². The molecule has 1 aromatic heterocycles. The van der Waals surface area contributed by atoms with E-state index < -0.39 is 0 Å². The Morgan fingerprint density at radius 1 is 1.19 bits per heavy atom. The molecule has 0 atom stereocenters.